The average molecular weight is 312 g/mol. The number of hydrogen-bond acceptors (Lipinski definition) is 3. The summed E-state index contributed by atoms with van der Waals surface area (Å²) in [7, 11) is 0. The lowest BCUT2D eigenvalue weighted by molar-refractivity contribution is -0.137. The van der Waals surface area contributed by atoms with Crippen LogP contribution in [0.5, 0.6) is 0 Å². The van der Waals surface area contributed by atoms with Crippen molar-refractivity contribution in [3.05, 3.63) is 35.9 Å². The van der Waals surface area contributed by atoms with Gasteiger partial charge in [-0.2, -0.15) is 0 Å². The summed E-state index contributed by atoms with van der Waals surface area (Å²) in [5, 5.41) is 13.5. The second-order valence-corrected chi connectivity index (χ2v) is 4.96. The van der Waals surface area contributed by atoms with E-state index in [2.05, 4.69) is 15.6 Å². The second-order valence-electron chi connectivity index (χ2n) is 4.30. The summed E-state index contributed by atoms with van der Waals surface area (Å²) >= 11 is 5.79. The lowest BCUT2D eigenvalue weighted by atomic mass is 10.2. The van der Waals surface area contributed by atoms with E-state index in [9.17, 15) is 9.59 Å². The number of rotatable bonds is 6. The van der Waals surface area contributed by atoms with Crippen LogP contribution < -0.4 is 10.6 Å². The van der Waals surface area contributed by atoms with Crippen LogP contribution in [0.15, 0.2) is 35.3 Å². The summed E-state index contributed by atoms with van der Waals surface area (Å²) in [5.74, 6) is -1.67. The van der Waals surface area contributed by atoms with Gasteiger partial charge in [-0.25, -0.2) is 0 Å². The Morgan fingerprint density at radius 2 is 2.00 bits per heavy atom. The van der Waals surface area contributed by atoms with E-state index in [1.165, 1.54) is 0 Å². The molecule has 0 aliphatic heterocycles. The minimum Gasteiger partial charge on any atom is -0.480 e. The van der Waals surface area contributed by atoms with Crippen molar-refractivity contribution in [2.75, 3.05) is 13.1 Å². The van der Waals surface area contributed by atoms with E-state index in [-0.39, 0.29) is 5.84 Å². The van der Waals surface area contributed by atoms with Crippen LogP contribution in [0.1, 0.15) is 12.5 Å². The van der Waals surface area contributed by atoms with Gasteiger partial charge in [0.25, 0.3) is 5.91 Å². The lowest BCUT2D eigenvalue weighted by Crippen LogP contribution is -2.44. The van der Waals surface area contributed by atoms with Crippen LogP contribution in [0.25, 0.3) is 0 Å². The summed E-state index contributed by atoms with van der Waals surface area (Å²) in [4.78, 5) is 26.4. The fourth-order valence-electron chi connectivity index (χ4n) is 1.55. The van der Waals surface area contributed by atoms with Crippen LogP contribution in [0, 0.1) is 0 Å². The molecule has 0 saturated carbocycles. The van der Waals surface area contributed by atoms with Crippen molar-refractivity contribution in [2.45, 2.75) is 18.8 Å². The zero-order chi connectivity index (χ0) is 15.7. The molecular weight excluding hydrogens is 294 g/mol. The van der Waals surface area contributed by atoms with Crippen molar-refractivity contribution in [3.8, 4) is 0 Å². The first kappa shape index (κ1) is 17.0. The third kappa shape index (κ3) is 7.31. The predicted molar refractivity (Wildman–Crippen MR) is 81.5 cm³/mol. The molecule has 0 bridgehead atoms. The number of aliphatic imine (C=N–C) groups is 1. The smallest absolute Gasteiger partial charge is 0.322 e. The van der Waals surface area contributed by atoms with E-state index >= 15 is 0 Å². The molecule has 21 heavy (non-hydrogen) atoms. The summed E-state index contributed by atoms with van der Waals surface area (Å²) in [6, 6.07) is 9.72. The van der Waals surface area contributed by atoms with Gasteiger partial charge in [-0.15, -0.1) is 0 Å². The fraction of sp³-hybridized carbons (Fsp3) is 0.357. The van der Waals surface area contributed by atoms with E-state index in [0.717, 1.165) is 5.56 Å². The fourth-order valence-corrected chi connectivity index (χ4v) is 1.66. The van der Waals surface area contributed by atoms with E-state index in [1.54, 1.807) is 6.92 Å². The second kappa shape index (κ2) is 8.97. The molecule has 0 aliphatic carbocycles. The molecule has 0 saturated heterocycles. The first-order chi connectivity index (χ1) is 9.99. The van der Waals surface area contributed by atoms with Gasteiger partial charge in [-0.1, -0.05) is 41.9 Å². The summed E-state index contributed by atoms with van der Waals surface area (Å²) in [6.07, 6.45) is 0.675. The molecule has 0 fully saturated rings. The van der Waals surface area contributed by atoms with Crippen LogP contribution in [0.3, 0.4) is 0 Å². The van der Waals surface area contributed by atoms with Crippen LogP contribution in [-0.4, -0.2) is 41.4 Å². The number of carbonyl (C=O) groups excluding carboxylic acids is 1. The number of amides is 1. The largest absolute Gasteiger partial charge is 0.480 e. The lowest BCUT2D eigenvalue weighted by Gasteiger charge is -2.11. The van der Waals surface area contributed by atoms with Crippen LogP contribution in [0.2, 0.25) is 0 Å². The first-order valence-corrected chi connectivity index (χ1v) is 6.91. The molecule has 1 unspecified atom stereocenters. The van der Waals surface area contributed by atoms with E-state index in [0.29, 0.717) is 13.0 Å². The maximum Gasteiger partial charge on any atom is 0.322 e. The molecule has 1 rings (SSSR count). The number of halogens is 1. The third-order valence-electron chi connectivity index (χ3n) is 2.46. The van der Waals surface area contributed by atoms with E-state index in [4.69, 9.17) is 16.7 Å². The quantitative estimate of drug-likeness (QED) is 0.316. The number of carbonyl (C=O) groups is 2. The number of carboxylic acids is 1. The van der Waals surface area contributed by atoms with Crippen molar-refractivity contribution in [2.24, 2.45) is 4.99 Å². The number of nitrogens with one attached hydrogen (secondary N) is 2. The zero-order valence-electron chi connectivity index (χ0n) is 11.7. The Balaban J connectivity index is 2.61. The molecule has 1 amide bonds. The molecule has 1 atom stereocenters. The Bertz CT molecular complexity index is 503. The highest BCUT2D eigenvalue weighted by Crippen LogP contribution is 1.99. The summed E-state index contributed by atoms with van der Waals surface area (Å²) < 4.78 is 0. The average Bonchev–Trinajstić information content (AvgIpc) is 2.44. The zero-order valence-corrected chi connectivity index (χ0v) is 12.4. The number of nitrogens with zero attached hydrogens (tertiary/aromatic N) is 1. The monoisotopic (exact) mass is 311 g/mol. The molecule has 1 aromatic rings. The topological polar surface area (TPSA) is 90.8 Å². The van der Waals surface area contributed by atoms with E-state index < -0.39 is 23.9 Å². The Morgan fingerprint density at radius 3 is 2.57 bits per heavy atom. The number of amidine groups is 1. The van der Waals surface area contributed by atoms with Gasteiger partial charge in [0, 0.05) is 6.54 Å². The molecular formula is C14H18ClN3O3. The Hall–Kier alpha value is -2.08. The van der Waals surface area contributed by atoms with Crippen LogP contribution >= 0.6 is 11.6 Å². The van der Waals surface area contributed by atoms with Gasteiger partial charge in [0.05, 0.1) is 5.50 Å². The van der Waals surface area contributed by atoms with Gasteiger partial charge in [0.1, 0.15) is 6.54 Å². The van der Waals surface area contributed by atoms with E-state index in [1.807, 2.05) is 30.3 Å². The van der Waals surface area contributed by atoms with Crippen molar-refractivity contribution in [1.29, 1.82) is 0 Å². The minimum absolute atomic E-state index is 0.0367. The molecule has 0 heterocycles. The highest BCUT2D eigenvalue weighted by molar-refractivity contribution is 6.39. The Labute approximate surface area is 128 Å². The molecule has 0 aromatic heterocycles. The molecule has 114 valence electrons. The molecule has 0 spiro atoms. The van der Waals surface area contributed by atoms with Gasteiger partial charge >= 0.3 is 5.97 Å². The van der Waals surface area contributed by atoms with Crippen LogP contribution in [-0.2, 0) is 16.0 Å². The first-order valence-electron chi connectivity index (χ1n) is 6.48. The van der Waals surface area contributed by atoms with Gasteiger partial charge in [0.15, 0.2) is 5.84 Å². The maximum absolute atomic E-state index is 11.8. The third-order valence-corrected chi connectivity index (χ3v) is 2.57. The summed E-state index contributed by atoms with van der Waals surface area (Å²) in [5.41, 5.74) is 0.613. The highest BCUT2D eigenvalue weighted by atomic mass is 35.5. The van der Waals surface area contributed by atoms with Gasteiger partial charge in [-0.05, 0) is 18.9 Å². The molecule has 3 N–H and O–H groups in total. The van der Waals surface area contributed by atoms with Gasteiger partial charge < -0.3 is 15.7 Å². The van der Waals surface area contributed by atoms with Gasteiger partial charge in [-0.3, -0.25) is 14.6 Å². The molecule has 0 aliphatic rings. The number of hydrogen-bond donors (Lipinski definition) is 3. The highest BCUT2D eigenvalue weighted by Gasteiger charge is 2.13. The van der Waals surface area contributed by atoms with Crippen molar-refractivity contribution < 1.29 is 14.7 Å². The normalized spacial score (nSPS) is 12.6. The van der Waals surface area contributed by atoms with Crippen molar-refractivity contribution >= 4 is 29.3 Å². The Kier molecular flexibility index (Phi) is 7.25. The number of carboxylic acid groups (broad SMARTS) is 1. The minimum atomic E-state index is -1.12. The molecule has 0 radical (unpaired) electrons. The maximum atomic E-state index is 11.8. The number of benzene rings is 1. The number of alkyl halides is 1. The van der Waals surface area contributed by atoms with Crippen LogP contribution in [0.4, 0.5) is 0 Å². The predicted octanol–water partition coefficient (Wildman–Crippen LogP) is 1.00. The molecule has 6 nitrogen and oxygen atoms in total. The number of aliphatic carboxylic acids is 1. The molecule has 7 heteroatoms. The summed E-state index contributed by atoms with van der Waals surface area (Å²) in [6.45, 7) is 1.59. The van der Waals surface area contributed by atoms with Crippen molar-refractivity contribution in [3.63, 3.8) is 0 Å². The SMILES string of the molecule is CC(Cl)NC(=NCCc1ccccc1)C(=O)NCC(=O)O. The van der Waals surface area contributed by atoms with Crippen molar-refractivity contribution in [1.82, 2.24) is 10.6 Å². The Morgan fingerprint density at radius 1 is 1.33 bits per heavy atom. The van der Waals surface area contributed by atoms with Gasteiger partial charge in [0.2, 0.25) is 0 Å². The standard InChI is InChI=1S/C14H18ClN3O3/c1-10(15)18-13(14(21)17-9-12(19)20)16-8-7-11-5-3-2-4-6-11/h2-6,10H,7-9H2,1H3,(H,16,18)(H,17,21)(H,19,20). The molecule has 1 aromatic carbocycles.